The van der Waals surface area contributed by atoms with Gasteiger partial charge < -0.3 is 9.72 Å². The van der Waals surface area contributed by atoms with Crippen molar-refractivity contribution in [2.75, 3.05) is 0 Å². The number of thiazole rings is 1. The molecule has 1 atom stereocenters. The monoisotopic (exact) mass is 366 g/mol. The SMILES string of the molecule is C[C@@H](Oc1cc(-c2cnn(C(C)(C)C)c2)cc2ncsc12)c1cc[nH]c1. The second-order valence-corrected chi connectivity index (χ2v) is 8.28. The molecule has 6 heteroatoms. The van der Waals surface area contributed by atoms with Crippen LogP contribution in [0.1, 0.15) is 39.4 Å². The number of nitrogens with zero attached hydrogens (tertiary/aromatic N) is 3. The average Bonchev–Trinajstić information content (AvgIpc) is 3.33. The molecule has 0 saturated heterocycles. The Kier molecular flexibility index (Phi) is 4.07. The van der Waals surface area contributed by atoms with Crippen LogP contribution in [-0.2, 0) is 5.54 Å². The summed E-state index contributed by atoms with van der Waals surface area (Å²) in [6.07, 6.45) is 7.81. The highest BCUT2D eigenvalue weighted by Crippen LogP contribution is 2.37. The first-order valence-electron chi connectivity index (χ1n) is 8.64. The molecule has 1 aromatic carbocycles. The Balaban J connectivity index is 1.74. The lowest BCUT2D eigenvalue weighted by Gasteiger charge is -2.18. The molecule has 134 valence electrons. The van der Waals surface area contributed by atoms with Crippen LogP contribution in [0.2, 0.25) is 0 Å². The summed E-state index contributed by atoms with van der Waals surface area (Å²) >= 11 is 1.60. The fourth-order valence-corrected chi connectivity index (χ4v) is 3.61. The average molecular weight is 366 g/mol. The number of fused-ring (bicyclic) bond motifs is 1. The molecule has 0 aliphatic heterocycles. The van der Waals surface area contributed by atoms with E-state index in [2.05, 4.69) is 61.1 Å². The van der Waals surface area contributed by atoms with Gasteiger partial charge in [0.2, 0.25) is 0 Å². The molecule has 0 spiro atoms. The van der Waals surface area contributed by atoms with Crippen molar-refractivity contribution in [1.82, 2.24) is 19.7 Å². The number of aromatic amines is 1. The zero-order chi connectivity index (χ0) is 18.3. The van der Waals surface area contributed by atoms with Gasteiger partial charge in [0, 0.05) is 29.7 Å². The fraction of sp³-hybridized carbons (Fsp3) is 0.300. The molecule has 0 amide bonds. The quantitative estimate of drug-likeness (QED) is 0.527. The fourth-order valence-electron chi connectivity index (χ4n) is 2.88. The predicted molar refractivity (Wildman–Crippen MR) is 106 cm³/mol. The van der Waals surface area contributed by atoms with E-state index < -0.39 is 0 Å². The first-order chi connectivity index (χ1) is 12.4. The van der Waals surface area contributed by atoms with Crippen molar-refractivity contribution in [3.8, 4) is 16.9 Å². The van der Waals surface area contributed by atoms with E-state index in [4.69, 9.17) is 4.74 Å². The van der Waals surface area contributed by atoms with Gasteiger partial charge in [0.1, 0.15) is 11.9 Å². The smallest absolute Gasteiger partial charge is 0.140 e. The summed E-state index contributed by atoms with van der Waals surface area (Å²) in [5, 5.41) is 4.52. The minimum Gasteiger partial charge on any atom is -0.484 e. The highest BCUT2D eigenvalue weighted by molar-refractivity contribution is 7.17. The topological polar surface area (TPSA) is 55.7 Å². The molecule has 0 aliphatic carbocycles. The third-order valence-corrected chi connectivity index (χ3v) is 5.25. The molecule has 4 aromatic rings. The van der Waals surface area contributed by atoms with Crippen molar-refractivity contribution in [3.05, 3.63) is 54.1 Å². The zero-order valence-corrected chi connectivity index (χ0v) is 16.2. The van der Waals surface area contributed by atoms with E-state index in [1.165, 1.54) is 0 Å². The summed E-state index contributed by atoms with van der Waals surface area (Å²) in [6, 6.07) is 6.23. The van der Waals surface area contributed by atoms with E-state index in [1.54, 1.807) is 11.3 Å². The number of ether oxygens (including phenoxy) is 1. The van der Waals surface area contributed by atoms with Crippen molar-refractivity contribution >= 4 is 21.6 Å². The van der Waals surface area contributed by atoms with Crippen molar-refractivity contribution in [1.29, 1.82) is 0 Å². The van der Waals surface area contributed by atoms with Crippen molar-refractivity contribution in [2.24, 2.45) is 0 Å². The van der Waals surface area contributed by atoms with Crippen molar-refractivity contribution in [3.63, 3.8) is 0 Å². The van der Waals surface area contributed by atoms with E-state index in [0.717, 1.165) is 32.7 Å². The third kappa shape index (κ3) is 3.12. The lowest BCUT2D eigenvalue weighted by atomic mass is 10.1. The molecule has 0 unspecified atom stereocenters. The lowest BCUT2D eigenvalue weighted by molar-refractivity contribution is 0.230. The molecule has 3 aromatic heterocycles. The number of nitrogens with one attached hydrogen (secondary N) is 1. The van der Waals surface area contributed by atoms with Crippen LogP contribution in [-0.4, -0.2) is 19.7 Å². The Hall–Kier alpha value is -2.60. The molecule has 0 saturated carbocycles. The molecule has 0 aliphatic rings. The van der Waals surface area contributed by atoms with Crippen LogP contribution in [0.15, 0.2) is 48.5 Å². The van der Waals surface area contributed by atoms with Gasteiger partial charge in [-0.25, -0.2) is 4.98 Å². The second kappa shape index (κ2) is 6.29. The normalized spacial score (nSPS) is 13.2. The molecular formula is C20H22N4OS. The number of H-pyrrole nitrogens is 1. The Bertz CT molecular complexity index is 1020. The van der Waals surface area contributed by atoms with Crippen LogP contribution < -0.4 is 4.74 Å². The summed E-state index contributed by atoms with van der Waals surface area (Å²) in [5.74, 6) is 0.859. The van der Waals surface area contributed by atoms with Crippen LogP contribution in [0.4, 0.5) is 0 Å². The summed E-state index contributed by atoms with van der Waals surface area (Å²) in [4.78, 5) is 7.58. The van der Waals surface area contributed by atoms with Gasteiger partial charge in [-0.3, -0.25) is 4.68 Å². The van der Waals surface area contributed by atoms with Gasteiger partial charge >= 0.3 is 0 Å². The molecular weight excluding hydrogens is 344 g/mol. The third-order valence-electron chi connectivity index (χ3n) is 4.40. The van der Waals surface area contributed by atoms with Crippen LogP contribution >= 0.6 is 11.3 Å². The van der Waals surface area contributed by atoms with Crippen LogP contribution in [0, 0.1) is 0 Å². The molecule has 3 heterocycles. The van der Waals surface area contributed by atoms with Gasteiger partial charge in [-0.2, -0.15) is 5.10 Å². The van der Waals surface area contributed by atoms with Crippen LogP contribution in [0.5, 0.6) is 5.75 Å². The number of aromatic nitrogens is 4. The molecule has 4 rings (SSSR count). The second-order valence-electron chi connectivity index (χ2n) is 7.42. The Morgan fingerprint density at radius 3 is 2.77 bits per heavy atom. The van der Waals surface area contributed by atoms with Gasteiger partial charge in [-0.15, -0.1) is 11.3 Å². The highest BCUT2D eigenvalue weighted by Gasteiger charge is 2.17. The van der Waals surface area contributed by atoms with E-state index in [9.17, 15) is 0 Å². The lowest BCUT2D eigenvalue weighted by Crippen LogP contribution is -2.21. The van der Waals surface area contributed by atoms with E-state index >= 15 is 0 Å². The number of hydrogen-bond acceptors (Lipinski definition) is 4. The molecule has 5 nitrogen and oxygen atoms in total. The van der Waals surface area contributed by atoms with E-state index in [0.29, 0.717) is 0 Å². The van der Waals surface area contributed by atoms with Crippen molar-refractivity contribution in [2.45, 2.75) is 39.3 Å². The summed E-state index contributed by atoms with van der Waals surface area (Å²) in [6.45, 7) is 8.47. The largest absolute Gasteiger partial charge is 0.484 e. The maximum Gasteiger partial charge on any atom is 0.140 e. The molecule has 0 radical (unpaired) electrons. The minimum absolute atomic E-state index is 0.0425. The Morgan fingerprint density at radius 2 is 2.08 bits per heavy atom. The highest BCUT2D eigenvalue weighted by atomic mass is 32.1. The van der Waals surface area contributed by atoms with Crippen molar-refractivity contribution < 1.29 is 4.74 Å². The van der Waals surface area contributed by atoms with Gasteiger partial charge in [-0.05, 0) is 51.5 Å². The Morgan fingerprint density at radius 1 is 1.23 bits per heavy atom. The van der Waals surface area contributed by atoms with Gasteiger partial charge in [0.25, 0.3) is 0 Å². The molecule has 0 fully saturated rings. The first-order valence-corrected chi connectivity index (χ1v) is 9.52. The summed E-state index contributed by atoms with van der Waals surface area (Å²) in [5.41, 5.74) is 6.01. The number of hydrogen-bond donors (Lipinski definition) is 1. The minimum atomic E-state index is -0.0505. The zero-order valence-electron chi connectivity index (χ0n) is 15.4. The summed E-state index contributed by atoms with van der Waals surface area (Å²) in [7, 11) is 0. The molecule has 1 N–H and O–H groups in total. The summed E-state index contributed by atoms with van der Waals surface area (Å²) < 4.78 is 9.34. The van der Waals surface area contributed by atoms with Gasteiger partial charge in [0.15, 0.2) is 0 Å². The van der Waals surface area contributed by atoms with E-state index in [-0.39, 0.29) is 11.6 Å². The van der Waals surface area contributed by atoms with Gasteiger partial charge in [-0.1, -0.05) is 0 Å². The molecule has 0 bridgehead atoms. The standard InChI is InChI=1S/C20H22N4OS/c1-13(14-5-6-21-9-14)25-18-8-15(7-17-19(18)26-12-22-17)16-10-23-24(11-16)20(2,3)4/h5-13,21H,1-4H3/t13-/m1/s1. The Labute approximate surface area is 156 Å². The van der Waals surface area contributed by atoms with Crippen LogP contribution in [0.3, 0.4) is 0 Å². The number of benzene rings is 1. The first kappa shape index (κ1) is 16.8. The molecule has 26 heavy (non-hydrogen) atoms. The maximum absolute atomic E-state index is 6.29. The predicted octanol–water partition coefficient (Wildman–Crippen LogP) is 5.38. The number of rotatable bonds is 4. The van der Waals surface area contributed by atoms with Crippen LogP contribution in [0.25, 0.3) is 21.3 Å². The maximum atomic E-state index is 6.29. The van der Waals surface area contributed by atoms with E-state index in [1.807, 2.05) is 34.8 Å². The van der Waals surface area contributed by atoms with Gasteiger partial charge in [0.05, 0.1) is 27.5 Å².